The molecule has 0 radical (unpaired) electrons. The lowest BCUT2D eigenvalue weighted by Gasteiger charge is -2.38. The SMILES string of the molecule is CC1CCCC(N(C)C(CN)c2cc(Br)c(Cl)s2)C1. The Hall–Kier alpha value is 0.390. The van der Waals surface area contributed by atoms with E-state index >= 15 is 0 Å². The lowest BCUT2D eigenvalue weighted by Crippen LogP contribution is -2.40. The third-order valence-corrected chi connectivity index (χ3v) is 6.77. The van der Waals surface area contributed by atoms with Crippen LogP contribution in [0.1, 0.15) is 43.5 Å². The minimum atomic E-state index is 0.282. The van der Waals surface area contributed by atoms with Gasteiger partial charge in [0.2, 0.25) is 0 Å². The smallest absolute Gasteiger partial charge is 0.107 e. The molecule has 1 aromatic rings. The van der Waals surface area contributed by atoms with Gasteiger partial charge in [-0.1, -0.05) is 31.4 Å². The lowest BCUT2D eigenvalue weighted by molar-refractivity contribution is 0.122. The summed E-state index contributed by atoms with van der Waals surface area (Å²) < 4.78 is 1.80. The quantitative estimate of drug-likeness (QED) is 0.839. The zero-order valence-electron chi connectivity index (χ0n) is 11.5. The molecule has 0 bridgehead atoms. The fraction of sp³-hybridized carbons (Fsp3) is 0.714. The highest BCUT2D eigenvalue weighted by atomic mass is 79.9. The van der Waals surface area contributed by atoms with Crippen LogP contribution in [-0.2, 0) is 0 Å². The van der Waals surface area contributed by atoms with Crippen LogP contribution in [-0.4, -0.2) is 24.5 Å². The predicted octanol–water partition coefficient (Wildman–Crippen LogP) is 4.67. The van der Waals surface area contributed by atoms with E-state index < -0.39 is 0 Å². The molecule has 1 heterocycles. The summed E-state index contributed by atoms with van der Waals surface area (Å²) in [6.07, 6.45) is 5.28. The van der Waals surface area contributed by atoms with E-state index in [0.29, 0.717) is 12.6 Å². The highest BCUT2D eigenvalue weighted by Crippen LogP contribution is 2.38. The van der Waals surface area contributed by atoms with Gasteiger partial charge in [0.15, 0.2) is 0 Å². The number of thiophene rings is 1. The van der Waals surface area contributed by atoms with E-state index in [4.69, 9.17) is 17.3 Å². The molecule has 1 saturated carbocycles. The van der Waals surface area contributed by atoms with Gasteiger partial charge in [0.1, 0.15) is 4.34 Å². The molecule has 0 amide bonds. The van der Waals surface area contributed by atoms with Crippen molar-refractivity contribution >= 4 is 38.9 Å². The molecule has 2 nitrogen and oxygen atoms in total. The fourth-order valence-electron chi connectivity index (χ4n) is 3.04. The second kappa shape index (κ2) is 6.90. The molecule has 3 unspecified atom stereocenters. The summed E-state index contributed by atoms with van der Waals surface area (Å²) in [5, 5.41) is 0. The average Bonchev–Trinajstić information content (AvgIpc) is 2.70. The number of nitrogens with zero attached hydrogens (tertiary/aromatic N) is 1. The lowest BCUT2D eigenvalue weighted by atomic mass is 9.86. The Kier molecular flexibility index (Phi) is 5.73. The first-order valence-corrected chi connectivity index (χ1v) is 8.88. The first kappa shape index (κ1) is 15.8. The Morgan fingerprint density at radius 1 is 1.58 bits per heavy atom. The third kappa shape index (κ3) is 3.73. The van der Waals surface area contributed by atoms with Gasteiger partial charge in [-0.3, -0.25) is 4.90 Å². The van der Waals surface area contributed by atoms with E-state index in [0.717, 1.165) is 14.7 Å². The zero-order valence-corrected chi connectivity index (χ0v) is 14.7. The largest absolute Gasteiger partial charge is 0.329 e. The number of halogens is 2. The minimum absolute atomic E-state index is 0.282. The van der Waals surface area contributed by atoms with Crippen LogP contribution in [0.2, 0.25) is 4.34 Å². The molecule has 5 heteroatoms. The van der Waals surface area contributed by atoms with Gasteiger partial charge in [0.25, 0.3) is 0 Å². The fourth-order valence-corrected chi connectivity index (χ4v) is 4.94. The number of hydrogen-bond acceptors (Lipinski definition) is 3. The van der Waals surface area contributed by atoms with Crippen LogP contribution in [0.15, 0.2) is 10.5 Å². The van der Waals surface area contributed by atoms with Crippen molar-refractivity contribution < 1.29 is 0 Å². The highest BCUT2D eigenvalue weighted by Gasteiger charge is 2.28. The monoisotopic (exact) mass is 364 g/mol. The molecule has 2 N–H and O–H groups in total. The van der Waals surface area contributed by atoms with Crippen LogP contribution in [0.5, 0.6) is 0 Å². The van der Waals surface area contributed by atoms with Crippen molar-refractivity contribution in [2.75, 3.05) is 13.6 Å². The van der Waals surface area contributed by atoms with Gasteiger partial charge in [0.05, 0.1) is 6.04 Å². The predicted molar refractivity (Wildman–Crippen MR) is 88.0 cm³/mol. The van der Waals surface area contributed by atoms with Gasteiger partial charge < -0.3 is 5.73 Å². The van der Waals surface area contributed by atoms with Crippen LogP contribution >= 0.6 is 38.9 Å². The van der Waals surface area contributed by atoms with E-state index in [9.17, 15) is 0 Å². The maximum atomic E-state index is 6.16. The van der Waals surface area contributed by atoms with E-state index in [1.165, 1.54) is 30.6 Å². The molecule has 3 atom stereocenters. The normalized spacial score (nSPS) is 25.8. The van der Waals surface area contributed by atoms with Crippen LogP contribution in [0.25, 0.3) is 0 Å². The van der Waals surface area contributed by atoms with Crippen LogP contribution in [0.3, 0.4) is 0 Å². The molecule has 0 aliphatic heterocycles. The molecular weight excluding hydrogens is 344 g/mol. The summed E-state index contributed by atoms with van der Waals surface area (Å²) >= 11 is 11.3. The molecule has 108 valence electrons. The molecule has 1 fully saturated rings. The summed E-state index contributed by atoms with van der Waals surface area (Å²) in [6, 6.07) is 3.05. The Balaban J connectivity index is 2.12. The summed E-state index contributed by atoms with van der Waals surface area (Å²) in [5.41, 5.74) is 6.01. The molecule has 1 aliphatic carbocycles. The van der Waals surface area contributed by atoms with Crippen molar-refractivity contribution in [2.24, 2.45) is 11.7 Å². The Bertz CT molecular complexity index is 404. The van der Waals surface area contributed by atoms with Crippen LogP contribution < -0.4 is 5.73 Å². The van der Waals surface area contributed by atoms with Gasteiger partial charge in [-0.05, 0) is 47.8 Å². The molecule has 0 saturated heterocycles. The topological polar surface area (TPSA) is 29.3 Å². The molecule has 1 aliphatic rings. The van der Waals surface area contributed by atoms with Crippen molar-refractivity contribution in [1.29, 1.82) is 0 Å². The summed E-state index contributed by atoms with van der Waals surface area (Å²) in [7, 11) is 2.21. The van der Waals surface area contributed by atoms with Crippen molar-refractivity contribution in [3.05, 3.63) is 19.8 Å². The summed E-state index contributed by atoms with van der Waals surface area (Å²) in [4.78, 5) is 3.73. The molecule has 0 aromatic carbocycles. The van der Waals surface area contributed by atoms with Crippen LogP contribution in [0.4, 0.5) is 0 Å². The first-order chi connectivity index (χ1) is 9.02. The second-order valence-corrected chi connectivity index (χ2v) is 8.15. The van der Waals surface area contributed by atoms with Gasteiger partial charge in [-0.25, -0.2) is 0 Å². The van der Waals surface area contributed by atoms with Gasteiger partial charge >= 0.3 is 0 Å². The van der Waals surface area contributed by atoms with E-state index in [1.807, 2.05) is 0 Å². The van der Waals surface area contributed by atoms with Gasteiger partial charge in [-0.2, -0.15) is 0 Å². The average molecular weight is 366 g/mol. The van der Waals surface area contributed by atoms with Crippen molar-refractivity contribution in [3.63, 3.8) is 0 Å². The van der Waals surface area contributed by atoms with Gasteiger partial charge in [-0.15, -0.1) is 11.3 Å². The molecule has 2 rings (SSSR count). The maximum Gasteiger partial charge on any atom is 0.107 e. The Labute approximate surface area is 133 Å². The van der Waals surface area contributed by atoms with E-state index in [1.54, 1.807) is 11.3 Å². The van der Waals surface area contributed by atoms with E-state index in [2.05, 4.69) is 40.9 Å². The van der Waals surface area contributed by atoms with Gasteiger partial charge in [0, 0.05) is 21.9 Å². The Morgan fingerprint density at radius 2 is 2.32 bits per heavy atom. The third-order valence-electron chi connectivity index (χ3n) is 4.19. The van der Waals surface area contributed by atoms with Crippen molar-refractivity contribution in [1.82, 2.24) is 4.90 Å². The number of rotatable bonds is 4. The molecule has 0 spiro atoms. The Morgan fingerprint density at radius 3 is 2.84 bits per heavy atom. The molecule has 19 heavy (non-hydrogen) atoms. The second-order valence-electron chi connectivity index (χ2n) is 5.61. The summed E-state index contributed by atoms with van der Waals surface area (Å²) in [6.45, 7) is 3.00. The molecule has 1 aromatic heterocycles. The first-order valence-electron chi connectivity index (χ1n) is 6.89. The van der Waals surface area contributed by atoms with E-state index in [-0.39, 0.29) is 6.04 Å². The number of nitrogens with two attached hydrogens (primary N) is 1. The zero-order chi connectivity index (χ0) is 14.0. The maximum absolute atomic E-state index is 6.16. The van der Waals surface area contributed by atoms with Crippen molar-refractivity contribution in [2.45, 2.75) is 44.7 Å². The number of likely N-dealkylation sites (N-methyl/N-ethyl adjacent to an activating group) is 1. The minimum Gasteiger partial charge on any atom is -0.329 e. The summed E-state index contributed by atoms with van der Waals surface area (Å²) in [5.74, 6) is 0.832. The van der Waals surface area contributed by atoms with Crippen LogP contribution in [0, 0.1) is 5.92 Å². The van der Waals surface area contributed by atoms with Crippen molar-refractivity contribution in [3.8, 4) is 0 Å². The number of hydrogen-bond donors (Lipinski definition) is 1. The highest BCUT2D eigenvalue weighted by molar-refractivity contribution is 9.10. The molecular formula is C14H22BrClN2S. The standard InChI is InChI=1S/C14H22BrClN2S/c1-9-4-3-5-10(6-9)18(2)12(8-17)13-7-11(15)14(16)19-13/h7,9-10,12H,3-6,8,17H2,1-2H3.